The first-order valence-corrected chi connectivity index (χ1v) is 6.46. The highest BCUT2D eigenvalue weighted by molar-refractivity contribution is 6.03. The van der Waals surface area contributed by atoms with Crippen molar-refractivity contribution in [1.82, 2.24) is 0 Å². The molecule has 0 aromatic heterocycles. The van der Waals surface area contributed by atoms with Crippen LogP contribution < -0.4 is 0 Å². The first-order chi connectivity index (χ1) is 10.1. The fraction of sp³-hybridized carbons (Fsp3) is 0.0588. The van der Waals surface area contributed by atoms with Crippen molar-refractivity contribution in [2.75, 3.05) is 0 Å². The van der Waals surface area contributed by atoms with Crippen molar-refractivity contribution in [3.8, 4) is 0 Å². The fourth-order valence-corrected chi connectivity index (χ4v) is 2.77. The average Bonchev–Trinajstić information content (AvgIpc) is 2.90. The third-order valence-electron chi connectivity index (χ3n) is 3.68. The lowest BCUT2D eigenvalue weighted by molar-refractivity contribution is 0.0650. The van der Waals surface area contributed by atoms with Gasteiger partial charge >= 0.3 is 11.9 Å². The molecule has 21 heavy (non-hydrogen) atoms. The molecule has 1 atom stereocenters. The quantitative estimate of drug-likeness (QED) is 0.905. The normalized spacial score (nSPS) is 15.7. The predicted molar refractivity (Wildman–Crippen MR) is 77.7 cm³/mol. The minimum atomic E-state index is -1.23. The molecule has 0 spiro atoms. The maximum absolute atomic E-state index is 11.5. The van der Waals surface area contributed by atoms with Gasteiger partial charge in [-0.25, -0.2) is 9.59 Å². The Morgan fingerprint density at radius 1 is 0.857 bits per heavy atom. The highest BCUT2D eigenvalue weighted by Gasteiger charge is 2.27. The van der Waals surface area contributed by atoms with Crippen LogP contribution in [0.5, 0.6) is 0 Å². The molecule has 0 fully saturated rings. The minimum Gasteiger partial charge on any atom is -0.478 e. The number of carboxylic acids is 2. The number of rotatable bonds is 3. The summed E-state index contributed by atoms with van der Waals surface area (Å²) in [6.45, 7) is 0. The molecule has 1 aliphatic rings. The molecule has 0 bridgehead atoms. The van der Waals surface area contributed by atoms with E-state index in [0.717, 1.165) is 11.1 Å². The zero-order valence-corrected chi connectivity index (χ0v) is 11.0. The molecule has 0 heterocycles. The Kier molecular flexibility index (Phi) is 3.06. The second kappa shape index (κ2) is 4.90. The summed E-state index contributed by atoms with van der Waals surface area (Å²) in [6.07, 6.45) is 3.83. The molecule has 0 radical (unpaired) electrons. The monoisotopic (exact) mass is 280 g/mol. The SMILES string of the molecule is O=C(O)c1cccc(C2C=Cc3ccccc32)c1C(=O)O. The topological polar surface area (TPSA) is 74.6 Å². The summed E-state index contributed by atoms with van der Waals surface area (Å²) >= 11 is 0. The number of carbonyl (C=O) groups is 2. The van der Waals surface area contributed by atoms with Gasteiger partial charge in [-0.1, -0.05) is 48.6 Å². The van der Waals surface area contributed by atoms with E-state index in [4.69, 9.17) is 0 Å². The fourth-order valence-electron chi connectivity index (χ4n) is 2.77. The molecule has 2 aromatic carbocycles. The summed E-state index contributed by atoms with van der Waals surface area (Å²) in [6, 6.07) is 12.3. The highest BCUT2D eigenvalue weighted by Crippen LogP contribution is 2.37. The standard InChI is InChI=1S/C17H12O4/c18-16(19)14-7-3-6-13(15(14)17(20)21)12-9-8-10-4-1-2-5-11(10)12/h1-9,12H,(H,18,19)(H,20,21). The van der Waals surface area contributed by atoms with Crippen molar-refractivity contribution in [1.29, 1.82) is 0 Å². The van der Waals surface area contributed by atoms with Crippen molar-refractivity contribution in [2.24, 2.45) is 0 Å². The largest absolute Gasteiger partial charge is 0.478 e. The van der Waals surface area contributed by atoms with Crippen molar-refractivity contribution in [3.05, 3.63) is 76.4 Å². The van der Waals surface area contributed by atoms with Crippen LogP contribution in [0.3, 0.4) is 0 Å². The highest BCUT2D eigenvalue weighted by atomic mass is 16.4. The molecule has 0 aliphatic heterocycles. The van der Waals surface area contributed by atoms with Gasteiger partial charge in [-0.15, -0.1) is 0 Å². The first kappa shape index (κ1) is 13.1. The zero-order valence-electron chi connectivity index (χ0n) is 11.0. The van der Waals surface area contributed by atoms with Crippen LogP contribution in [-0.4, -0.2) is 22.2 Å². The number of allylic oxidation sites excluding steroid dienone is 1. The summed E-state index contributed by atoms with van der Waals surface area (Å²) in [7, 11) is 0. The third-order valence-corrected chi connectivity index (χ3v) is 3.68. The van der Waals surface area contributed by atoms with E-state index in [2.05, 4.69) is 0 Å². The molecule has 2 N–H and O–H groups in total. The van der Waals surface area contributed by atoms with Crippen molar-refractivity contribution >= 4 is 18.0 Å². The van der Waals surface area contributed by atoms with Gasteiger partial charge in [0.15, 0.2) is 0 Å². The average molecular weight is 280 g/mol. The molecular formula is C17H12O4. The van der Waals surface area contributed by atoms with E-state index in [1.807, 2.05) is 36.4 Å². The van der Waals surface area contributed by atoms with Crippen LogP contribution >= 0.6 is 0 Å². The molecule has 4 heteroatoms. The van der Waals surface area contributed by atoms with Crippen LogP contribution in [0.4, 0.5) is 0 Å². The van der Waals surface area contributed by atoms with Gasteiger partial charge in [-0.05, 0) is 22.8 Å². The summed E-state index contributed by atoms with van der Waals surface area (Å²) in [5.41, 5.74) is 2.19. The molecule has 1 aliphatic carbocycles. The summed E-state index contributed by atoms with van der Waals surface area (Å²) < 4.78 is 0. The Morgan fingerprint density at radius 3 is 2.29 bits per heavy atom. The lowest BCUT2D eigenvalue weighted by Gasteiger charge is -2.15. The molecule has 3 rings (SSSR count). The van der Waals surface area contributed by atoms with E-state index in [1.165, 1.54) is 6.07 Å². The van der Waals surface area contributed by atoms with Crippen LogP contribution in [0.25, 0.3) is 6.08 Å². The molecule has 2 aromatic rings. The summed E-state index contributed by atoms with van der Waals surface area (Å²) in [5.74, 6) is -2.68. The maximum atomic E-state index is 11.5. The van der Waals surface area contributed by atoms with Gasteiger partial charge in [0, 0.05) is 5.92 Å². The van der Waals surface area contributed by atoms with E-state index < -0.39 is 11.9 Å². The van der Waals surface area contributed by atoms with Gasteiger partial charge in [0.2, 0.25) is 0 Å². The number of carboxylic acid groups (broad SMARTS) is 2. The second-order valence-electron chi connectivity index (χ2n) is 4.85. The number of fused-ring (bicyclic) bond motifs is 1. The van der Waals surface area contributed by atoms with E-state index in [9.17, 15) is 19.8 Å². The van der Waals surface area contributed by atoms with Gasteiger partial charge in [-0.2, -0.15) is 0 Å². The Morgan fingerprint density at radius 2 is 1.57 bits per heavy atom. The van der Waals surface area contributed by atoms with Crippen LogP contribution in [0.2, 0.25) is 0 Å². The molecular weight excluding hydrogens is 268 g/mol. The Bertz CT molecular complexity index is 774. The van der Waals surface area contributed by atoms with E-state index in [-0.39, 0.29) is 17.0 Å². The lowest BCUT2D eigenvalue weighted by Crippen LogP contribution is -2.13. The van der Waals surface area contributed by atoms with Gasteiger partial charge in [0.1, 0.15) is 0 Å². The smallest absolute Gasteiger partial charge is 0.336 e. The van der Waals surface area contributed by atoms with Crippen LogP contribution in [0.15, 0.2) is 48.5 Å². The van der Waals surface area contributed by atoms with E-state index in [1.54, 1.807) is 12.1 Å². The Balaban J connectivity index is 2.21. The van der Waals surface area contributed by atoms with Gasteiger partial charge in [0.25, 0.3) is 0 Å². The van der Waals surface area contributed by atoms with E-state index in [0.29, 0.717) is 5.56 Å². The molecule has 104 valence electrons. The number of benzene rings is 2. The summed E-state index contributed by atoms with van der Waals surface area (Å²) in [5, 5.41) is 18.6. The third kappa shape index (κ3) is 2.10. The molecule has 0 saturated carbocycles. The van der Waals surface area contributed by atoms with Crippen molar-refractivity contribution in [3.63, 3.8) is 0 Å². The number of hydrogen-bond donors (Lipinski definition) is 2. The maximum Gasteiger partial charge on any atom is 0.336 e. The van der Waals surface area contributed by atoms with Crippen molar-refractivity contribution < 1.29 is 19.8 Å². The zero-order chi connectivity index (χ0) is 15.0. The van der Waals surface area contributed by atoms with Gasteiger partial charge < -0.3 is 10.2 Å². The Hall–Kier alpha value is -2.88. The predicted octanol–water partition coefficient (Wildman–Crippen LogP) is 3.24. The van der Waals surface area contributed by atoms with Gasteiger partial charge in [-0.3, -0.25) is 0 Å². The first-order valence-electron chi connectivity index (χ1n) is 6.46. The summed E-state index contributed by atoms with van der Waals surface area (Å²) in [4.78, 5) is 22.8. The van der Waals surface area contributed by atoms with E-state index >= 15 is 0 Å². The molecule has 0 saturated heterocycles. The minimum absolute atomic E-state index is 0.142. The molecule has 1 unspecified atom stereocenters. The van der Waals surface area contributed by atoms with Crippen LogP contribution in [0, 0.1) is 0 Å². The number of aromatic carboxylic acids is 2. The molecule has 0 amide bonds. The number of hydrogen-bond acceptors (Lipinski definition) is 2. The van der Waals surface area contributed by atoms with Crippen molar-refractivity contribution in [2.45, 2.75) is 5.92 Å². The van der Waals surface area contributed by atoms with Gasteiger partial charge in [0.05, 0.1) is 11.1 Å². The molecule has 4 nitrogen and oxygen atoms in total. The second-order valence-corrected chi connectivity index (χ2v) is 4.85. The van der Waals surface area contributed by atoms with Crippen LogP contribution in [-0.2, 0) is 0 Å². The Labute approximate surface area is 121 Å². The van der Waals surface area contributed by atoms with Crippen LogP contribution in [0.1, 0.15) is 43.3 Å². The lowest BCUT2D eigenvalue weighted by atomic mass is 9.87.